The van der Waals surface area contributed by atoms with Crippen molar-refractivity contribution in [3.8, 4) is 11.3 Å². The second kappa shape index (κ2) is 6.13. The molecule has 0 spiro atoms. The first-order valence-electron chi connectivity index (χ1n) is 11.0. The normalized spacial score (nSPS) is 18.1. The number of hydrogen-bond donors (Lipinski definition) is 0. The van der Waals surface area contributed by atoms with Crippen LogP contribution >= 0.6 is 0 Å². The molecule has 2 aliphatic rings. The van der Waals surface area contributed by atoms with Crippen LogP contribution in [-0.2, 0) is 5.41 Å². The number of nitrogens with zero attached hydrogens (tertiary/aromatic N) is 2. The van der Waals surface area contributed by atoms with Crippen LogP contribution in [-0.4, -0.2) is 9.97 Å². The quantitative estimate of drug-likeness (QED) is 0.352. The fourth-order valence-corrected chi connectivity index (χ4v) is 5.78. The van der Waals surface area contributed by atoms with Crippen LogP contribution in [0.2, 0.25) is 0 Å². The predicted molar refractivity (Wildman–Crippen MR) is 120 cm³/mol. The third-order valence-corrected chi connectivity index (χ3v) is 7.25. The second-order valence-electron chi connectivity index (χ2n) is 9.32. The monoisotopic (exact) mass is 378 g/mol. The smallest absolute Gasteiger partial charge is 0.0802 e. The lowest BCUT2D eigenvalue weighted by Gasteiger charge is -2.36. The third kappa shape index (κ3) is 2.41. The van der Waals surface area contributed by atoms with Crippen molar-refractivity contribution >= 4 is 21.7 Å². The van der Waals surface area contributed by atoms with Crippen LogP contribution < -0.4 is 0 Å². The Morgan fingerprint density at radius 3 is 2.62 bits per heavy atom. The van der Waals surface area contributed by atoms with E-state index in [1.165, 1.54) is 70.6 Å². The Morgan fingerprint density at radius 1 is 0.931 bits per heavy atom. The first-order chi connectivity index (χ1) is 14.1. The van der Waals surface area contributed by atoms with Gasteiger partial charge >= 0.3 is 0 Å². The Hall–Kier alpha value is -2.74. The summed E-state index contributed by atoms with van der Waals surface area (Å²) in [6.07, 6.45) is 8.52. The van der Waals surface area contributed by atoms with Gasteiger partial charge < -0.3 is 0 Å². The van der Waals surface area contributed by atoms with Crippen LogP contribution in [0.5, 0.6) is 0 Å². The lowest BCUT2D eigenvalue weighted by molar-refractivity contribution is 0.436. The molecule has 2 heteroatoms. The largest absolute Gasteiger partial charge is 0.255 e. The summed E-state index contributed by atoms with van der Waals surface area (Å²) in [5.41, 5.74) is 7.48. The zero-order valence-corrected chi connectivity index (χ0v) is 17.2. The molecule has 4 aromatic rings. The maximum atomic E-state index is 5.16. The average molecular weight is 379 g/mol. The molecule has 0 N–H and O–H groups in total. The van der Waals surface area contributed by atoms with Gasteiger partial charge in [-0.2, -0.15) is 0 Å². The molecule has 2 heterocycles. The summed E-state index contributed by atoms with van der Waals surface area (Å²) in [7, 11) is 0. The van der Waals surface area contributed by atoms with Crippen molar-refractivity contribution in [1.29, 1.82) is 0 Å². The van der Waals surface area contributed by atoms with Crippen LogP contribution in [0.3, 0.4) is 0 Å². The second-order valence-corrected chi connectivity index (χ2v) is 9.32. The molecule has 0 aliphatic heterocycles. The Balaban J connectivity index is 1.70. The molecule has 0 atom stereocenters. The zero-order chi connectivity index (χ0) is 19.6. The minimum atomic E-state index is -0.0865. The molecular weight excluding hydrogens is 352 g/mol. The summed E-state index contributed by atoms with van der Waals surface area (Å²) < 4.78 is 0. The predicted octanol–water partition coefficient (Wildman–Crippen LogP) is 7.14. The molecule has 2 nitrogen and oxygen atoms in total. The molecule has 2 aromatic heterocycles. The van der Waals surface area contributed by atoms with Gasteiger partial charge in [-0.15, -0.1) is 0 Å². The molecule has 1 fully saturated rings. The molecule has 2 aromatic carbocycles. The molecule has 144 valence electrons. The van der Waals surface area contributed by atoms with E-state index in [1.807, 2.05) is 6.20 Å². The van der Waals surface area contributed by atoms with Gasteiger partial charge in [0.1, 0.15) is 0 Å². The van der Waals surface area contributed by atoms with E-state index in [4.69, 9.17) is 9.97 Å². The number of pyridine rings is 2. The van der Waals surface area contributed by atoms with Crippen LogP contribution in [0.1, 0.15) is 68.7 Å². The number of rotatable bonds is 1. The number of fused-ring (bicyclic) bond motifs is 4. The summed E-state index contributed by atoms with van der Waals surface area (Å²) in [6, 6.07) is 17.8. The molecule has 0 bridgehead atoms. The van der Waals surface area contributed by atoms with Gasteiger partial charge in [0.05, 0.1) is 11.2 Å². The van der Waals surface area contributed by atoms with Gasteiger partial charge in [-0.1, -0.05) is 69.5 Å². The van der Waals surface area contributed by atoms with Crippen molar-refractivity contribution < 1.29 is 0 Å². The number of benzene rings is 2. The fourth-order valence-electron chi connectivity index (χ4n) is 5.78. The molecular formula is C27H26N2. The summed E-state index contributed by atoms with van der Waals surface area (Å²) in [5.74, 6) is 0.603. The molecule has 6 rings (SSSR count). The lowest BCUT2D eigenvalue weighted by atomic mass is 9.68. The highest BCUT2D eigenvalue weighted by Crippen LogP contribution is 2.50. The SMILES string of the molecule is CC1(C)c2c(ccc3ccccc23)-c2nccc3nc(C4CCCCC4)cc1c23. The summed E-state index contributed by atoms with van der Waals surface area (Å²) >= 11 is 0. The zero-order valence-electron chi connectivity index (χ0n) is 17.2. The molecule has 29 heavy (non-hydrogen) atoms. The van der Waals surface area contributed by atoms with Crippen molar-refractivity contribution in [2.45, 2.75) is 57.3 Å². The van der Waals surface area contributed by atoms with Crippen molar-refractivity contribution in [2.24, 2.45) is 0 Å². The minimum absolute atomic E-state index is 0.0865. The maximum absolute atomic E-state index is 5.16. The van der Waals surface area contributed by atoms with Crippen LogP contribution in [0.25, 0.3) is 32.9 Å². The Kier molecular flexibility index (Phi) is 3.62. The van der Waals surface area contributed by atoms with E-state index in [0.717, 1.165) is 11.2 Å². The Morgan fingerprint density at radius 2 is 1.76 bits per heavy atom. The fraction of sp³-hybridized carbons (Fsp3) is 0.333. The van der Waals surface area contributed by atoms with Crippen LogP contribution in [0.4, 0.5) is 0 Å². The molecule has 0 saturated heterocycles. The summed E-state index contributed by atoms with van der Waals surface area (Å²) in [6.45, 7) is 4.77. The van der Waals surface area contributed by atoms with E-state index in [0.29, 0.717) is 5.92 Å². The van der Waals surface area contributed by atoms with E-state index in [-0.39, 0.29) is 5.41 Å². The summed E-state index contributed by atoms with van der Waals surface area (Å²) in [5, 5.41) is 3.90. The van der Waals surface area contributed by atoms with Crippen LogP contribution in [0.15, 0.2) is 54.7 Å². The standard InChI is InChI=1S/C27H26N2/c1-27(2)21-16-23(18-9-4-3-5-10-18)29-22-14-15-28-26(24(21)22)20-13-12-17-8-6-7-11-19(17)25(20)27/h6-8,11-16,18H,3-5,9-10H2,1-2H3. The van der Waals surface area contributed by atoms with Crippen LogP contribution in [0, 0.1) is 0 Å². The molecule has 0 amide bonds. The van der Waals surface area contributed by atoms with Gasteiger partial charge in [0, 0.05) is 34.2 Å². The Bertz CT molecular complexity index is 1260. The van der Waals surface area contributed by atoms with Crippen molar-refractivity contribution in [3.05, 3.63) is 71.5 Å². The maximum Gasteiger partial charge on any atom is 0.0802 e. The molecule has 0 unspecified atom stereocenters. The van der Waals surface area contributed by atoms with Gasteiger partial charge in [-0.25, -0.2) is 0 Å². The first-order valence-corrected chi connectivity index (χ1v) is 11.0. The third-order valence-electron chi connectivity index (χ3n) is 7.25. The van der Waals surface area contributed by atoms with E-state index < -0.39 is 0 Å². The average Bonchev–Trinajstić information content (AvgIpc) is 2.77. The highest BCUT2D eigenvalue weighted by Gasteiger charge is 2.36. The highest BCUT2D eigenvalue weighted by molar-refractivity contribution is 6.04. The number of aromatic nitrogens is 2. The minimum Gasteiger partial charge on any atom is -0.255 e. The van der Waals surface area contributed by atoms with Gasteiger partial charge in [-0.3, -0.25) is 9.97 Å². The molecule has 0 radical (unpaired) electrons. The van der Waals surface area contributed by atoms with E-state index in [2.05, 4.69) is 62.4 Å². The summed E-state index contributed by atoms with van der Waals surface area (Å²) in [4.78, 5) is 10.0. The van der Waals surface area contributed by atoms with Crippen molar-refractivity contribution in [3.63, 3.8) is 0 Å². The lowest BCUT2D eigenvalue weighted by Crippen LogP contribution is -2.25. The van der Waals surface area contributed by atoms with Gasteiger partial charge in [0.25, 0.3) is 0 Å². The number of hydrogen-bond acceptors (Lipinski definition) is 2. The van der Waals surface area contributed by atoms with E-state index in [1.54, 1.807) is 0 Å². The van der Waals surface area contributed by atoms with Gasteiger partial charge in [0.15, 0.2) is 0 Å². The molecule has 2 aliphatic carbocycles. The van der Waals surface area contributed by atoms with Gasteiger partial charge in [-0.05, 0) is 46.9 Å². The molecule has 1 saturated carbocycles. The topological polar surface area (TPSA) is 25.8 Å². The van der Waals surface area contributed by atoms with Crippen molar-refractivity contribution in [1.82, 2.24) is 9.97 Å². The van der Waals surface area contributed by atoms with E-state index in [9.17, 15) is 0 Å². The van der Waals surface area contributed by atoms with Gasteiger partial charge in [0.2, 0.25) is 0 Å². The van der Waals surface area contributed by atoms with E-state index >= 15 is 0 Å². The Labute approximate surface area is 172 Å². The van der Waals surface area contributed by atoms with Crippen molar-refractivity contribution in [2.75, 3.05) is 0 Å². The first kappa shape index (κ1) is 17.1. The highest BCUT2D eigenvalue weighted by atomic mass is 14.8.